The molecule has 14 nitrogen and oxygen atoms in total. The molecule has 0 unspecified atom stereocenters. The zero-order valence-corrected chi connectivity index (χ0v) is 36.5. The van der Waals surface area contributed by atoms with Gasteiger partial charge in [0.25, 0.3) is 0 Å². The van der Waals surface area contributed by atoms with E-state index in [1.54, 1.807) is 48.5 Å². The summed E-state index contributed by atoms with van der Waals surface area (Å²) in [7, 11) is 0. The molecule has 0 heterocycles. The fraction of sp³-hybridized carbons (Fsp3) is 0.619. The number of carbonyl (C=O) groups excluding carboxylic acids is 2. The Morgan fingerprint density at radius 1 is 0.474 bits per heavy atom. The molecule has 2 aromatic carbocycles. The molecule has 2 N–H and O–H groups in total. The Hall–Kier alpha value is -3.56. The summed E-state index contributed by atoms with van der Waals surface area (Å²) in [6.45, 7) is 4.66. The van der Waals surface area contributed by atoms with Crippen molar-refractivity contribution in [3.05, 3.63) is 48.5 Å². The molecule has 0 aliphatic carbocycles. The minimum absolute atomic E-state index is 0. The van der Waals surface area contributed by atoms with Gasteiger partial charge < -0.3 is 48.4 Å². The van der Waals surface area contributed by atoms with Gasteiger partial charge in [-0.15, -0.1) is 0 Å². The third-order valence-corrected chi connectivity index (χ3v) is 8.57. The fourth-order valence-electron chi connectivity index (χ4n) is 5.77. The van der Waals surface area contributed by atoms with Crippen LogP contribution in [0.1, 0.15) is 90.9 Å². The maximum absolute atomic E-state index is 12.7. The van der Waals surface area contributed by atoms with Crippen molar-refractivity contribution in [3.8, 4) is 11.5 Å². The van der Waals surface area contributed by atoms with Gasteiger partial charge in [0.2, 0.25) is 0 Å². The second-order valence-electron chi connectivity index (χ2n) is 13.3. The van der Waals surface area contributed by atoms with Gasteiger partial charge in [0.15, 0.2) is 0 Å². The van der Waals surface area contributed by atoms with Crippen LogP contribution in [0.5, 0.6) is 11.5 Å². The average Bonchev–Trinajstić information content (AvgIpc) is 3.17. The van der Waals surface area contributed by atoms with Gasteiger partial charge in [0.05, 0.1) is 24.6 Å². The van der Waals surface area contributed by atoms with Gasteiger partial charge in [-0.3, -0.25) is 19.2 Å². The Balaban J connectivity index is 0.0000162. The van der Waals surface area contributed by atoms with Crippen molar-refractivity contribution in [1.82, 2.24) is 0 Å². The minimum atomic E-state index is -1.14. The number of aliphatic carboxylic acids is 2. The second-order valence-corrected chi connectivity index (χ2v) is 13.3. The number of unbranched alkanes of at least 4 members (excludes halogenated alkanes) is 10. The summed E-state index contributed by atoms with van der Waals surface area (Å²) in [5.74, 6) is -2.83. The van der Waals surface area contributed by atoms with E-state index in [1.807, 2.05) is 0 Å². The number of rotatable bonds is 35. The Morgan fingerprint density at radius 2 is 0.842 bits per heavy atom. The van der Waals surface area contributed by atoms with Crippen LogP contribution in [0.2, 0.25) is 0 Å². The van der Waals surface area contributed by atoms with Crippen molar-refractivity contribution in [1.29, 1.82) is 0 Å². The van der Waals surface area contributed by atoms with Gasteiger partial charge in [-0.2, -0.15) is 0 Å². The molecular weight excluding hydrogens is 747 g/mol. The summed E-state index contributed by atoms with van der Waals surface area (Å²) in [5.41, 5.74) is 0.760. The number of para-hydroxylation sites is 4. The van der Waals surface area contributed by atoms with E-state index in [9.17, 15) is 29.4 Å². The predicted molar refractivity (Wildman–Crippen MR) is 214 cm³/mol. The van der Waals surface area contributed by atoms with Gasteiger partial charge in [-0.1, -0.05) is 102 Å². The average molecular weight is 812 g/mol. The number of carboxylic acid groups (broad SMARTS) is 2. The maximum Gasteiger partial charge on any atom is 1.00 e. The Morgan fingerprint density at radius 3 is 1.23 bits per heavy atom. The van der Waals surface area contributed by atoms with Crippen LogP contribution in [0, 0.1) is 0 Å². The van der Waals surface area contributed by atoms with Crippen LogP contribution in [0.4, 0.5) is 11.4 Å². The number of anilines is 2. The number of carboxylic acids is 2. The first-order valence-electron chi connectivity index (χ1n) is 20.1. The number of hydrogen-bond donors (Lipinski definition) is 2. The van der Waals surface area contributed by atoms with E-state index in [-0.39, 0.29) is 82.3 Å². The maximum atomic E-state index is 12.7. The molecule has 0 fully saturated rings. The second kappa shape index (κ2) is 33.4. The molecule has 0 amide bonds. The largest absolute Gasteiger partial charge is 1.00 e. The van der Waals surface area contributed by atoms with Crippen LogP contribution in [-0.2, 0) is 38.1 Å². The van der Waals surface area contributed by atoms with Crippen LogP contribution in [0.15, 0.2) is 48.5 Å². The van der Waals surface area contributed by atoms with E-state index < -0.39 is 37.0 Å². The molecule has 0 bridgehead atoms. The van der Waals surface area contributed by atoms with Crippen LogP contribution in [0.25, 0.3) is 0 Å². The summed E-state index contributed by atoms with van der Waals surface area (Å²) in [6, 6.07) is 13.5. The molecule has 0 spiro atoms. The Labute approximate surface area is 360 Å². The number of hydrogen-bond acceptors (Lipinski definition) is 12. The number of nitrogens with zero attached hydrogens (tertiary/aromatic N) is 2. The summed E-state index contributed by atoms with van der Waals surface area (Å²) < 4.78 is 33.7. The van der Waals surface area contributed by atoms with E-state index >= 15 is 0 Å². The zero-order valence-electron chi connectivity index (χ0n) is 34.5. The monoisotopic (exact) mass is 811 g/mol. The molecule has 0 atom stereocenters. The van der Waals surface area contributed by atoms with E-state index in [2.05, 4.69) is 13.8 Å². The molecule has 0 saturated carbocycles. The van der Waals surface area contributed by atoms with Gasteiger partial charge in [0.1, 0.15) is 64.1 Å². The van der Waals surface area contributed by atoms with Gasteiger partial charge in [-0.25, -0.2) is 0 Å². The minimum Gasteiger partial charge on any atom is -0.488 e. The molecule has 0 saturated heterocycles. The zero-order chi connectivity index (χ0) is 40.6. The smallest absolute Gasteiger partial charge is 0.488 e. The standard InChI is InChI=1S/C42H64N2O12.Na/c1-3-5-7-9-11-17-23-51-25-27-55-41(49)33-43(31-39(45)46)35-19-13-15-21-37(35)53-29-30-54-38-22-16-14-20-36(38)44(32-40(47)48)34-42(50)56-28-26-52-24-18-12-10-8-6-4-2;/h13-16,19-22H,3-12,17-18,23-34H2,1-2H3,(H,45,46)(H,47,48);/q;+1. The summed E-state index contributed by atoms with van der Waals surface area (Å²) >= 11 is 0. The summed E-state index contributed by atoms with van der Waals surface area (Å²) in [4.78, 5) is 51.6. The number of esters is 2. The fourth-order valence-corrected chi connectivity index (χ4v) is 5.77. The predicted octanol–water partition coefficient (Wildman–Crippen LogP) is 3.77. The molecule has 15 heteroatoms. The first-order valence-corrected chi connectivity index (χ1v) is 20.1. The topological polar surface area (TPSA) is 171 Å². The number of benzene rings is 2. The quantitative estimate of drug-likeness (QED) is 0.0586. The van der Waals surface area contributed by atoms with E-state index in [0.717, 1.165) is 25.7 Å². The first-order chi connectivity index (χ1) is 27.2. The van der Waals surface area contributed by atoms with Crippen molar-refractivity contribution in [3.63, 3.8) is 0 Å². The summed E-state index contributed by atoms with van der Waals surface area (Å²) in [6.07, 6.45) is 13.8. The number of ether oxygens (including phenoxy) is 6. The van der Waals surface area contributed by atoms with Crippen molar-refractivity contribution in [2.45, 2.75) is 90.9 Å². The summed E-state index contributed by atoms with van der Waals surface area (Å²) in [5, 5.41) is 19.2. The van der Waals surface area contributed by atoms with Crippen molar-refractivity contribution in [2.75, 3.05) is 88.8 Å². The van der Waals surface area contributed by atoms with Gasteiger partial charge in [-0.05, 0) is 37.1 Å². The Kier molecular flexibility index (Phi) is 30.2. The Bertz CT molecular complexity index is 1290. The normalized spacial score (nSPS) is 10.6. The molecule has 2 rings (SSSR count). The van der Waals surface area contributed by atoms with Gasteiger partial charge >= 0.3 is 53.4 Å². The van der Waals surface area contributed by atoms with Crippen LogP contribution < -0.4 is 48.8 Å². The van der Waals surface area contributed by atoms with E-state index in [4.69, 9.17) is 28.4 Å². The van der Waals surface area contributed by atoms with Crippen LogP contribution in [0.3, 0.4) is 0 Å². The third kappa shape index (κ3) is 24.7. The first kappa shape index (κ1) is 51.5. The molecule has 0 aliphatic heterocycles. The molecule has 0 aromatic heterocycles. The van der Waals surface area contributed by atoms with Crippen LogP contribution >= 0.6 is 0 Å². The molecule has 0 radical (unpaired) electrons. The van der Waals surface area contributed by atoms with Crippen molar-refractivity contribution < 1.29 is 87.4 Å². The van der Waals surface area contributed by atoms with Crippen molar-refractivity contribution in [2.24, 2.45) is 0 Å². The van der Waals surface area contributed by atoms with Gasteiger partial charge in [0, 0.05) is 13.2 Å². The van der Waals surface area contributed by atoms with E-state index in [1.165, 1.54) is 61.2 Å². The number of carbonyl (C=O) groups is 4. The molecule has 2 aromatic rings. The molecular formula is C42H64N2NaO12+. The SMILES string of the molecule is CCCCCCCCOCCOC(=O)CN(CC(=O)O)c1ccccc1OCCOc1ccccc1N(CC(=O)O)CC(=O)OCCOCCCCCCCC.[Na+]. The molecule has 57 heavy (non-hydrogen) atoms. The van der Waals surface area contributed by atoms with E-state index in [0.29, 0.717) is 36.1 Å². The molecule has 314 valence electrons. The van der Waals surface area contributed by atoms with Crippen LogP contribution in [-0.4, -0.2) is 113 Å². The van der Waals surface area contributed by atoms with Crippen molar-refractivity contribution >= 4 is 35.3 Å². The molecule has 0 aliphatic rings. The third-order valence-electron chi connectivity index (χ3n) is 8.57.